The highest BCUT2D eigenvalue weighted by Gasteiger charge is 2.22. The zero-order chi connectivity index (χ0) is 45.7. The Labute approximate surface area is 379 Å². The van der Waals surface area contributed by atoms with Gasteiger partial charge < -0.3 is 29.2 Å². The summed E-state index contributed by atoms with van der Waals surface area (Å²) in [7, 11) is 0. The van der Waals surface area contributed by atoms with Gasteiger partial charge in [-0.1, -0.05) is 156 Å². The van der Waals surface area contributed by atoms with Crippen LogP contribution in [0.2, 0.25) is 0 Å². The number of aliphatic hydroxyl groups excluding tert-OH is 2. The molecule has 62 heavy (non-hydrogen) atoms. The number of carbonyl (C=O) groups is 4. The fraction of sp³-hybridized carbons (Fsp3) is 0.922. The number of nitrogens with zero attached hydrogens (tertiary/aromatic N) is 1. The molecule has 0 saturated carbocycles. The van der Waals surface area contributed by atoms with Crippen LogP contribution in [0, 0.1) is 11.8 Å². The highest BCUT2D eigenvalue weighted by Crippen LogP contribution is 2.22. The number of ether oxygens (including phenoxy) is 4. The van der Waals surface area contributed by atoms with Gasteiger partial charge in [0.15, 0.2) is 0 Å². The fourth-order valence-electron chi connectivity index (χ4n) is 7.91. The van der Waals surface area contributed by atoms with E-state index in [0.29, 0.717) is 45.3 Å². The zero-order valence-electron chi connectivity index (χ0n) is 40.6. The molecule has 366 valence electrons. The summed E-state index contributed by atoms with van der Waals surface area (Å²) >= 11 is 0. The van der Waals surface area contributed by atoms with Crippen LogP contribution in [0.15, 0.2) is 0 Å². The van der Waals surface area contributed by atoms with E-state index in [2.05, 4.69) is 27.7 Å². The summed E-state index contributed by atoms with van der Waals surface area (Å²) in [6.07, 6.45) is 30.7. The normalized spacial score (nSPS) is 12.9. The summed E-state index contributed by atoms with van der Waals surface area (Å²) in [6, 6.07) is 0. The maximum absolute atomic E-state index is 13.0. The fourth-order valence-corrected chi connectivity index (χ4v) is 7.91. The molecule has 0 bridgehead atoms. The van der Waals surface area contributed by atoms with Gasteiger partial charge >= 0.3 is 23.9 Å². The van der Waals surface area contributed by atoms with Gasteiger partial charge in [-0.3, -0.25) is 24.1 Å². The molecule has 0 rings (SSSR count). The number of aliphatic hydroxyl groups is 2. The molecule has 0 aliphatic rings. The van der Waals surface area contributed by atoms with Crippen molar-refractivity contribution in [2.75, 3.05) is 52.7 Å². The minimum absolute atomic E-state index is 0.0282. The van der Waals surface area contributed by atoms with Crippen LogP contribution in [-0.4, -0.2) is 97.8 Å². The van der Waals surface area contributed by atoms with Crippen LogP contribution in [0.3, 0.4) is 0 Å². The average Bonchev–Trinajstić information content (AvgIpc) is 3.26. The van der Waals surface area contributed by atoms with Gasteiger partial charge in [-0.25, -0.2) is 0 Å². The van der Waals surface area contributed by atoms with E-state index in [9.17, 15) is 29.4 Å². The molecule has 0 aliphatic heterocycles. The van der Waals surface area contributed by atoms with Gasteiger partial charge in [-0.05, 0) is 64.2 Å². The van der Waals surface area contributed by atoms with E-state index in [1.807, 2.05) is 0 Å². The van der Waals surface area contributed by atoms with Crippen LogP contribution < -0.4 is 0 Å². The molecule has 3 atom stereocenters. The number of esters is 4. The Morgan fingerprint density at radius 3 is 1.19 bits per heavy atom. The van der Waals surface area contributed by atoms with E-state index in [-0.39, 0.29) is 76.1 Å². The van der Waals surface area contributed by atoms with Crippen LogP contribution in [0.4, 0.5) is 0 Å². The molecule has 0 spiro atoms. The third-order valence-corrected chi connectivity index (χ3v) is 11.9. The van der Waals surface area contributed by atoms with Crippen LogP contribution in [0.5, 0.6) is 0 Å². The van der Waals surface area contributed by atoms with E-state index < -0.39 is 18.0 Å². The first-order valence-electron chi connectivity index (χ1n) is 25.9. The van der Waals surface area contributed by atoms with Gasteiger partial charge in [0.2, 0.25) is 0 Å². The van der Waals surface area contributed by atoms with E-state index >= 15 is 0 Å². The molecule has 0 radical (unpaired) electrons. The Bertz CT molecular complexity index is 1040. The maximum Gasteiger partial charge on any atom is 0.308 e. The molecule has 0 heterocycles. The van der Waals surface area contributed by atoms with Crippen LogP contribution >= 0.6 is 0 Å². The van der Waals surface area contributed by atoms with Crippen molar-refractivity contribution in [2.45, 2.75) is 239 Å². The lowest BCUT2D eigenvalue weighted by molar-refractivity contribution is -0.160. The predicted octanol–water partition coefficient (Wildman–Crippen LogP) is 11.6. The van der Waals surface area contributed by atoms with Crippen molar-refractivity contribution in [3.8, 4) is 0 Å². The van der Waals surface area contributed by atoms with Gasteiger partial charge in [-0.2, -0.15) is 0 Å². The predicted molar refractivity (Wildman–Crippen MR) is 251 cm³/mol. The van der Waals surface area contributed by atoms with E-state index in [1.165, 1.54) is 89.9 Å². The molecule has 0 aliphatic carbocycles. The van der Waals surface area contributed by atoms with E-state index in [4.69, 9.17) is 18.9 Å². The van der Waals surface area contributed by atoms with E-state index in [1.54, 1.807) is 4.90 Å². The van der Waals surface area contributed by atoms with Gasteiger partial charge in [0.25, 0.3) is 0 Å². The van der Waals surface area contributed by atoms with Crippen molar-refractivity contribution in [2.24, 2.45) is 11.8 Å². The lowest BCUT2D eigenvalue weighted by Crippen LogP contribution is -2.41. The quantitative estimate of drug-likeness (QED) is 0.0342. The first-order valence-corrected chi connectivity index (χ1v) is 25.9. The Hall–Kier alpha value is -2.24. The van der Waals surface area contributed by atoms with Crippen molar-refractivity contribution >= 4 is 23.9 Å². The Kier molecular flexibility index (Phi) is 43.7. The lowest BCUT2D eigenvalue weighted by Gasteiger charge is -2.26. The topological polar surface area (TPSA) is 149 Å². The molecule has 2 N–H and O–H groups in total. The van der Waals surface area contributed by atoms with Crippen LogP contribution in [-0.2, 0) is 38.1 Å². The van der Waals surface area contributed by atoms with Crippen molar-refractivity contribution < 1.29 is 48.3 Å². The first-order chi connectivity index (χ1) is 30.3. The number of hydrogen-bond acceptors (Lipinski definition) is 11. The van der Waals surface area contributed by atoms with Crippen molar-refractivity contribution in [1.29, 1.82) is 0 Å². The molecule has 11 nitrogen and oxygen atoms in total. The van der Waals surface area contributed by atoms with Gasteiger partial charge in [0.05, 0.1) is 38.3 Å². The van der Waals surface area contributed by atoms with Gasteiger partial charge in [0.1, 0.15) is 12.7 Å². The molecular weight excluding hydrogens is 787 g/mol. The molecule has 11 heteroatoms. The molecule has 3 unspecified atom stereocenters. The SMILES string of the molecule is CCCCCCCCC(CCCCCC)C(=O)OCCCCCC(=O)OCC(CN(CCO)CCO)OC(=O)CCCCCOC(=O)C(CCCCCC)CCCCCCCC. The minimum atomic E-state index is -0.753. The molecule has 0 aromatic carbocycles. The number of carbonyl (C=O) groups excluding carboxylic acids is 4. The molecule has 0 aromatic heterocycles. The summed E-state index contributed by atoms with van der Waals surface area (Å²) in [4.78, 5) is 53.3. The third kappa shape index (κ3) is 37.2. The van der Waals surface area contributed by atoms with Gasteiger partial charge in [-0.15, -0.1) is 0 Å². The standard InChI is InChI=1S/C51H97NO10/c1-5-9-13-17-19-25-33-45(31-23-15-11-7-3)50(57)59-41-29-21-27-35-48(55)61-44-47(43-52(37-39-53)38-40-54)62-49(56)36-28-22-30-42-60-51(58)46(32-24-16-12-8-4)34-26-20-18-14-10-6-2/h45-47,53-54H,5-44H2,1-4H3. The summed E-state index contributed by atoms with van der Waals surface area (Å²) in [5.41, 5.74) is 0. The molecule has 0 fully saturated rings. The Balaban J connectivity index is 4.74. The molecule has 0 amide bonds. The van der Waals surface area contributed by atoms with Crippen LogP contribution in [0.25, 0.3) is 0 Å². The number of rotatable bonds is 47. The number of hydrogen-bond donors (Lipinski definition) is 2. The summed E-state index contributed by atoms with van der Waals surface area (Å²) < 4.78 is 22.7. The molecular formula is C51H97NO10. The second kappa shape index (κ2) is 45.3. The highest BCUT2D eigenvalue weighted by molar-refractivity contribution is 5.73. The zero-order valence-corrected chi connectivity index (χ0v) is 40.6. The lowest BCUT2D eigenvalue weighted by atomic mass is 9.94. The maximum atomic E-state index is 13.0. The summed E-state index contributed by atoms with van der Waals surface area (Å²) in [5.74, 6) is -1.03. The largest absolute Gasteiger partial charge is 0.465 e. The third-order valence-electron chi connectivity index (χ3n) is 11.9. The summed E-state index contributed by atoms with van der Waals surface area (Å²) in [6.45, 7) is 9.91. The molecule has 0 aromatic rings. The van der Waals surface area contributed by atoms with Crippen molar-refractivity contribution in [1.82, 2.24) is 4.90 Å². The Morgan fingerprint density at radius 2 is 0.790 bits per heavy atom. The Morgan fingerprint density at radius 1 is 0.435 bits per heavy atom. The second-order valence-electron chi connectivity index (χ2n) is 17.7. The first kappa shape index (κ1) is 59.8. The minimum Gasteiger partial charge on any atom is -0.465 e. The number of unbranched alkanes of at least 4 members (excludes halogenated alkanes) is 20. The highest BCUT2D eigenvalue weighted by atomic mass is 16.6. The van der Waals surface area contributed by atoms with E-state index in [0.717, 1.165) is 70.6 Å². The second-order valence-corrected chi connectivity index (χ2v) is 17.7. The van der Waals surface area contributed by atoms with Crippen LogP contribution in [0.1, 0.15) is 233 Å². The van der Waals surface area contributed by atoms with Gasteiger partial charge in [0, 0.05) is 32.5 Å². The van der Waals surface area contributed by atoms with Crippen molar-refractivity contribution in [3.63, 3.8) is 0 Å². The average molecular weight is 884 g/mol. The summed E-state index contributed by atoms with van der Waals surface area (Å²) in [5, 5.41) is 19.0. The smallest absolute Gasteiger partial charge is 0.308 e. The monoisotopic (exact) mass is 884 g/mol. The van der Waals surface area contributed by atoms with Crippen molar-refractivity contribution in [3.05, 3.63) is 0 Å². The molecule has 0 saturated heterocycles.